The van der Waals surface area contributed by atoms with Crippen LogP contribution in [0.1, 0.15) is 87.8 Å². The molecule has 0 fully saturated rings. The second-order valence-corrected chi connectivity index (χ2v) is 11.7. The van der Waals surface area contributed by atoms with Crippen molar-refractivity contribution in [1.82, 2.24) is 0 Å². The van der Waals surface area contributed by atoms with Gasteiger partial charge in [0.05, 0.1) is 0 Å². The Labute approximate surface area is 176 Å². The molecule has 0 aromatic heterocycles. The summed E-state index contributed by atoms with van der Waals surface area (Å²) in [4.78, 5) is 0. The molecule has 0 N–H and O–H groups in total. The first-order valence-corrected chi connectivity index (χ1v) is 12.0. The van der Waals surface area contributed by atoms with Gasteiger partial charge >= 0.3 is 7.73 Å². The summed E-state index contributed by atoms with van der Waals surface area (Å²) in [6, 6.07) is 8.91. The minimum atomic E-state index is -1.60. The molecular weight excluding hydrogens is 387 g/mol. The first kappa shape index (κ1) is 21.5. The van der Waals surface area contributed by atoms with E-state index in [-0.39, 0.29) is 16.7 Å². The normalized spacial score (nSPS) is 19.6. The number of fused-ring (bicyclic) bond motifs is 2. The molecule has 0 unspecified atom stereocenters. The van der Waals surface area contributed by atoms with Crippen LogP contribution in [0.5, 0.6) is 11.5 Å². The minimum Gasteiger partial charge on any atom is -0.427 e. The largest absolute Gasteiger partial charge is 0.427 e. The van der Waals surface area contributed by atoms with Gasteiger partial charge in [-0.2, -0.15) is 0 Å². The lowest BCUT2D eigenvalue weighted by Gasteiger charge is -2.33. The molecule has 2 aromatic carbocycles. The predicted octanol–water partition coefficient (Wildman–Crippen LogP) is 8.29. The zero-order chi connectivity index (χ0) is 21.0. The zero-order valence-corrected chi connectivity index (χ0v) is 20.2. The van der Waals surface area contributed by atoms with Gasteiger partial charge in [0.15, 0.2) is 0 Å². The number of halogens is 1. The highest BCUT2D eigenvalue weighted by atomic mass is 35.7. The van der Waals surface area contributed by atoms with Crippen molar-refractivity contribution in [2.24, 2.45) is 0 Å². The summed E-state index contributed by atoms with van der Waals surface area (Å²) in [5, 5.41) is 0. The number of rotatable bonds is 0. The molecule has 28 heavy (non-hydrogen) atoms. The molecule has 2 aromatic rings. The van der Waals surface area contributed by atoms with E-state index >= 15 is 0 Å². The van der Waals surface area contributed by atoms with E-state index in [1.165, 1.54) is 33.4 Å². The van der Waals surface area contributed by atoms with E-state index in [0.29, 0.717) is 0 Å². The molecule has 2 nitrogen and oxygen atoms in total. The second kappa shape index (κ2) is 7.22. The lowest BCUT2D eigenvalue weighted by atomic mass is 9.79. The highest BCUT2D eigenvalue weighted by Crippen LogP contribution is 2.56. The predicted molar refractivity (Wildman–Crippen MR) is 121 cm³/mol. The summed E-state index contributed by atoms with van der Waals surface area (Å²) in [6.45, 7) is 19.8. The van der Waals surface area contributed by atoms with Crippen LogP contribution in [-0.4, -0.2) is 0 Å². The fourth-order valence-electron chi connectivity index (χ4n) is 3.89. The van der Waals surface area contributed by atoms with Crippen molar-refractivity contribution >= 4 is 19.0 Å². The molecule has 0 atom stereocenters. The monoisotopic (exact) mass is 418 g/mol. The lowest BCUT2D eigenvalue weighted by Crippen LogP contribution is -2.19. The third-order valence-electron chi connectivity index (χ3n) is 5.40. The van der Waals surface area contributed by atoms with Gasteiger partial charge in [-0.3, -0.25) is 0 Å². The molecule has 0 spiro atoms. The van der Waals surface area contributed by atoms with Crippen molar-refractivity contribution in [3.63, 3.8) is 0 Å². The average molecular weight is 419 g/mol. The summed E-state index contributed by atoms with van der Waals surface area (Å²) < 4.78 is 12.6. The van der Waals surface area contributed by atoms with Crippen LogP contribution in [0.4, 0.5) is 0 Å². The van der Waals surface area contributed by atoms with Crippen molar-refractivity contribution in [1.29, 1.82) is 0 Å². The maximum absolute atomic E-state index is 6.64. The standard InChI is InChI=1S/C24H32ClO2P/c1-14-10-17-16(3)18-11-15(2)13-20(24(7,8)9)22(18)27-28(25)26-21(17)19(12-14)23(4,5)6/h10-13,16H,1-9H3. The Bertz CT molecular complexity index is 833. The van der Waals surface area contributed by atoms with Crippen molar-refractivity contribution in [2.75, 3.05) is 0 Å². The lowest BCUT2D eigenvalue weighted by molar-refractivity contribution is 0.455. The Morgan fingerprint density at radius 3 is 1.43 bits per heavy atom. The summed E-state index contributed by atoms with van der Waals surface area (Å²) in [7, 11) is -1.60. The topological polar surface area (TPSA) is 18.5 Å². The molecule has 4 heteroatoms. The molecule has 1 aliphatic heterocycles. The minimum absolute atomic E-state index is 0.0475. The van der Waals surface area contributed by atoms with Crippen LogP contribution in [0.15, 0.2) is 24.3 Å². The fourth-order valence-corrected chi connectivity index (χ4v) is 5.04. The molecule has 0 saturated carbocycles. The Hall–Kier alpha value is -1.24. The molecule has 152 valence electrons. The third kappa shape index (κ3) is 4.05. The summed E-state index contributed by atoms with van der Waals surface area (Å²) in [6.07, 6.45) is 0. The molecule has 1 aliphatic rings. The van der Waals surface area contributed by atoms with Gasteiger partial charge in [-0.25, -0.2) is 0 Å². The van der Waals surface area contributed by atoms with E-state index in [1.54, 1.807) is 0 Å². The third-order valence-corrected chi connectivity index (χ3v) is 6.47. The maximum Gasteiger partial charge on any atom is 0.401 e. The Morgan fingerprint density at radius 2 is 1.11 bits per heavy atom. The second-order valence-electron chi connectivity index (χ2n) is 10.1. The Kier molecular flexibility index (Phi) is 5.54. The number of benzene rings is 2. The molecule has 0 amide bonds. The molecule has 3 rings (SSSR count). The van der Waals surface area contributed by atoms with E-state index in [1.807, 2.05) is 0 Å². The molecular formula is C24H32ClO2P. The quantitative estimate of drug-likeness (QED) is 0.400. The van der Waals surface area contributed by atoms with Crippen molar-refractivity contribution < 1.29 is 9.05 Å². The van der Waals surface area contributed by atoms with Crippen LogP contribution in [0.3, 0.4) is 0 Å². The molecule has 1 heterocycles. The number of hydrogen-bond donors (Lipinski definition) is 0. The van der Waals surface area contributed by atoms with Crippen LogP contribution in [0.2, 0.25) is 0 Å². The summed E-state index contributed by atoms with van der Waals surface area (Å²) >= 11 is 6.64. The summed E-state index contributed by atoms with van der Waals surface area (Å²) in [5.74, 6) is 1.92. The van der Waals surface area contributed by atoms with E-state index in [2.05, 4.69) is 86.6 Å². The van der Waals surface area contributed by atoms with Crippen molar-refractivity contribution in [2.45, 2.75) is 79.1 Å². The van der Waals surface area contributed by atoms with E-state index in [9.17, 15) is 0 Å². The van der Waals surface area contributed by atoms with Crippen LogP contribution in [0, 0.1) is 13.8 Å². The van der Waals surface area contributed by atoms with E-state index in [4.69, 9.17) is 20.3 Å². The van der Waals surface area contributed by atoms with Gasteiger partial charge in [-0.1, -0.05) is 83.9 Å². The highest BCUT2D eigenvalue weighted by molar-refractivity contribution is 7.76. The van der Waals surface area contributed by atoms with Crippen LogP contribution < -0.4 is 9.05 Å². The molecule has 0 aliphatic carbocycles. The zero-order valence-electron chi connectivity index (χ0n) is 18.5. The first-order valence-electron chi connectivity index (χ1n) is 9.91. The molecule has 0 saturated heterocycles. The molecule has 0 bridgehead atoms. The van der Waals surface area contributed by atoms with Gasteiger partial charge in [-0.05, 0) is 35.9 Å². The van der Waals surface area contributed by atoms with Gasteiger partial charge in [0.2, 0.25) is 0 Å². The van der Waals surface area contributed by atoms with Gasteiger partial charge in [0.1, 0.15) is 11.5 Å². The van der Waals surface area contributed by atoms with E-state index < -0.39 is 7.73 Å². The van der Waals surface area contributed by atoms with Crippen LogP contribution >= 0.6 is 19.0 Å². The number of hydrogen-bond acceptors (Lipinski definition) is 2. The maximum atomic E-state index is 6.64. The highest BCUT2D eigenvalue weighted by Gasteiger charge is 2.34. The van der Waals surface area contributed by atoms with Gasteiger partial charge in [-0.15, -0.1) is 0 Å². The fraction of sp³-hybridized carbons (Fsp3) is 0.500. The van der Waals surface area contributed by atoms with Gasteiger partial charge < -0.3 is 9.05 Å². The Morgan fingerprint density at radius 1 is 0.750 bits per heavy atom. The van der Waals surface area contributed by atoms with Crippen LogP contribution in [0.25, 0.3) is 0 Å². The van der Waals surface area contributed by atoms with Crippen molar-refractivity contribution in [3.05, 3.63) is 57.6 Å². The smallest absolute Gasteiger partial charge is 0.401 e. The van der Waals surface area contributed by atoms with E-state index in [0.717, 1.165) is 11.5 Å². The number of aryl methyl sites for hydroxylation is 2. The first-order chi connectivity index (χ1) is 12.8. The molecule has 0 radical (unpaired) electrons. The average Bonchev–Trinajstić information content (AvgIpc) is 2.53. The van der Waals surface area contributed by atoms with Gasteiger partial charge in [0.25, 0.3) is 0 Å². The SMILES string of the molecule is Cc1cc2c(c(C(C)(C)C)c1)OP(Cl)Oc1c(cc(C)cc1C(C)(C)C)C2C. The van der Waals surface area contributed by atoms with Crippen molar-refractivity contribution in [3.8, 4) is 11.5 Å². The Balaban J connectivity index is 2.34. The van der Waals surface area contributed by atoms with Gasteiger partial charge in [0, 0.05) is 28.2 Å². The van der Waals surface area contributed by atoms with Crippen LogP contribution in [-0.2, 0) is 10.8 Å². The summed E-state index contributed by atoms with van der Waals surface area (Å²) in [5.41, 5.74) is 7.12.